The number of ketones is 1. The van der Waals surface area contributed by atoms with E-state index in [9.17, 15) is 4.79 Å². The molecular weight excluding hydrogens is 460 g/mol. The second kappa shape index (κ2) is 6.52. The van der Waals surface area contributed by atoms with E-state index < -0.39 is 0 Å². The average Bonchev–Trinajstić information content (AvgIpc) is 2.69. The first-order chi connectivity index (χ1) is 9.01. The second-order valence-electron chi connectivity index (χ2n) is 3.81. The molecule has 0 amide bonds. The van der Waals surface area contributed by atoms with Crippen molar-refractivity contribution < 1.29 is 9.53 Å². The van der Waals surface area contributed by atoms with Gasteiger partial charge in [-0.1, -0.05) is 6.07 Å². The summed E-state index contributed by atoms with van der Waals surface area (Å²) in [6.45, 7) is 0. The molecule has 0 saturated carbocycles. The van der Waals surface area contributed by atoms with Crippen LogP contribution in [-0.2, 0) is 6.42 Å². The summed E-state index contributed by atoms with van der Waals surface area (Å²) >= 11 is 11.7. The molecule has 0 saturated heterocycles. The van der Waals surface area contributed by atoms with Crippen LogP contribution in [-0.4, -0.2) is 12.9 Å². The number of ether oxygens (including phenoxy) is 1. The summed E-state index contributed by atoms with van der Waals surface area (Å²) in [5.41, 5.74) is 1.66. The molecule has 0 fully saturated rings. The van der Waals surface area contributed by atoms with Gasteiger partial charge in [-0.2, -0.15) is 0 Å². The maximum absolute atomic E-state index is 12.2. The third kappa shape index (κ3) is 3.68. The maximum Gasteiger partial charge on any atom is 0.169 e. The number of hydrogen-bond donors (Lipinski definition) is 0. The molecule has 0 aliphatic rings. The number of thiophene rings is 1. The summed E-state index contributed by atoms with van der Waals surface area (Å²) in [5.74, 6) is 0.849. The number of carbonyl (C=O) groups excluding carboxylic acids is 1. The van der Waals surface area contributed by atoms with Gasteiger partial charge in [0.25, 0.3) is 0 Å². The van der Waals surface area contributed by atoms with E-state index in [0.29, 0.717) is 12.0 Å². The molecule has 100 valence electrons. The molecule has 0 atom stereocenters. The highest BCUT2D eigenvalue weighted by Crippen LogP contribution is 2.33. The monoisotopic (exact) mass is 466 g/mol. The normalized spacial score (nSPS) is 10.5. The van der Waals surface area contributed by atoms with Crippen molar-refractivity contribution in [3.8, 4) is 5.75 Å². The van der Waals surface area contributed by atoms with E-state index in [0.717, 1.165) is 23.4 Å². The Balaban J connectivity index is 2.19. The van der Waals surface area contributed by atoms with Crippen LogP contribution in [0.15, 0.2) is 36.3 Å². The predicted octanol–water partition coefficient (Wildman–Crippen LogP) is 5.47. The summed E-state index contributed by atoms with van der Waals surface area (Å²) in [7, 11) is 1.62. The van der Waals surface area contributed by atoms with Gasteiger partial charge in [0.15, 0.2) is 5.78 Å². The van der Waals surface area contributed by atoms with Gasteiger partial charge in [-0.15, -0.1) is 11.3 Å². The van der Waals surface area contributed by atoms with Gasteiger partial charge < -0.3 is 4.74 Å². The van der Waals surface area contributed by atoms with Crippen LogP contribution in [0.25, 0.3) is 0 Å². The standard InChI is InChI=1S/C13H9Br3O2S/c1-18-11-3-2-7(4-9(11)14)5-10(17)8-6-12(15)19-13(8)16/h2-4,6H,5H2,1H3. The van der Waals surface area contributed by atoms with E-state index in [4.69, 9.17) is 4.74 Å². The number of rotatable bonds is 4. The van der Waals surface area contributed by atoms with Crippen molar-refractivity contribution in [1.29, 1.82) is 0 Å². The van der Waals surface area contributed by atoms with Crippen molar-refractivity contribution in [3.05, 3.63) is 47.4 Å². The van der Waals surface area contributed by atoms with Crippen molar-refractivity contribution in [1.82, 2.24) is 0 Å². The molecule has 1 heterocycles. The Hall–Kier alpha value is -0.170. The Morgan fingerprint density at radius 3 is 2.53 bits per heavy atom. The fourth-order valence-corrected chi connectivity index (χ4v) is 5.07. The van der Waals surface area contributed by atoms with Crippen molar-refractivity contribution in [2.45, 2.75) is 6.42 Å². The summed E-state index contributed by atoms with van der Waals surface area (Å²) in [6, 6.07) is 7.50. The number of benzene rings is 1. The lowest BCUT2D eigenvalue weighted by Gasteiger charge is -2.05. The van der Waals surface area contributed by atoms with E-state index in [2.05, 4.69) is 47.8 Å². The first-order valence-corrected chi connectivity index (χ1v) is 8.51. The molecule has 0 aliphatic heterocycles. The van der Waals surface area contributed by atoms with Crippen LogP contribution in [0.2, 0.25) is 0 Å². The lowest BCUT2D eigenvalue weighted by Crippen LogP contribution is -2.03. The van der Waals surface area contributed by atoms with Gasteiger partial charge in [-0.3, -0.25) is 4.79 Å². The van der Waals surface area contributed by atoms with Gasteiger partial charge >= 0.3 is 0 Å². The predicted molar refractivity (Wildman–Crippen MR) is 88.4 cm³/mol. The lowest BCUT2D eigenvalue weighted by molar-refractivity contribution is 0.0992. The number of hydrogen-bond acceptors (Lipinski definition) is 3. The van der Waals surface area contributed by atoms with Gasteiger partial charge in [-0.05, 0) is 71.6 Å². The molecular formula is C13H9Br3O2S. The van der Waals surface area contributed by atoms with Gasteiger partial charge in [0.05, 0.1) is 19.2 Å². The fraction of sp³-hybridized carbons (Fsp3) is 0.154. The Kier molecular flexibility index (Phi) is 5.22. The van der Waals surface area contributed by atoms with E-state index >= 15 is 0 Å². The molecule has 2 aromatic rings. The minimum atomic E-state index is 0.0888. The van der Waals surface area contributed by atoms with E-state index in [1.54, 1.807) is 7.11 Å². The molecule has 19 heavy (non-hydrogen) atoms. The summed E-state index contributed by atoms with van der Waals surface area (Å²) < 4.78 is 7.82. The zero-order chi connectivity index (χ0) is 14.0. The van der Waals surface area contributed by atoms with Gasteiger partial charge in [0, 0.05) is 12.0 Å². The summed E-state index contributed by atoms with van der Waals surface area (Å²) in [4.78, 5) is 12.2. The van der Waals surface area contributed by atoms with Crippen molar-refractivity contribution >= 4 is 64.9 Å². The van der Waals surface area contributed by atoms with Crippen LogP contribution in [0.5, 0.6) is 5.75 Å². The largest absolute Gasteiger partial charge is 0.496 e. The quantitative estimate of drug-likeness (QED) is 0.556. The topological polar surface area (TPSA) is 26.3 Å². The van der Waals surface area contributed by atoms with Crippen LogP contribution >= 0.6 is 59.1 Å². The SMILES string of the molecule is COc1ccc(CC(=O)c2cc(Br)sc2Br)cc1Br. The smallest absolute Gasteiger partial charge is 0.169 e. The molecule has 0 bridgehead atoms. The highest BCUT2D eigenvalue weighted by molar-refractivity contribution is 9.12. The van der Waals surface area contributed by atoms with Crippen molar-refractivity contribution in [2.24, 2.45) is 0 Å². The molecule has 0 aliphatic carbocycles. The third-order valence-corrected chi connectivity index (χ3v) is 5.50. The number of Topliss-reactive ketones (excluding diaryl/α,β-unsaturated/α-hetero) is 1. The van der Waals surface area contributed by atoms with Gasteiger partial charge in [0.2, 0.25) is 0 Å². The Morgan fingerprint density at radius 1 is 1.26 bits per heavy atom. The van der Waals surface area contributed by atoms with Crippen molar-refractivity contribution in [3.63, 3.8) is 0 Å². The maximum atomic E-state index is 12.2. The lowest BCUT2D eigenvalue weighted by atomic mass is 10.1. The molecule has 0 radical (unpaired) electrons. The molecule has 2 nitrogen and oxygen atoms in total. The molecule has 0 N–H and O–H groups in total. The number of carbonyl (C=O) groups is 1. The van der Waals surface area contributed by atoms with Crippen LogP contribution in [0.4, 0.5) is 0 Å². The molecule has 0 unspecified atom stereocenters. The summed E-state index contributed by atoms with van der Waals surface area (Å²) in [5, 5.41) is 0. The first-order valence-electron chi connectivity index (χ1n) is 5.31. The molecule has 1 aromatic carbocycles. The number of methoxy groups -OCH3 is 1. The average molecular weight is 469 g/mol. The zero-order valence-corrected chi connectivity index (χ0v) is 15.4. The van der Waals surface area contributed by atoms with Crippen LogP contribution in [0.1, 0.15) is 15.9 Å². The van der Waals surface area contributed by atoms with Crippen LogP contribution < -0.4 is 4.74 Å². The summed E-state index contributed by atoms with van der Waals surface area (Å²) in [6.07, 6.45) is 0.365. The van der Waals surface area contributed by atoms with E-state index in [1.807, 2.05) is 24.3 Å². The minimum absolute atomic E-state index is 0.0888. The molecule has 1 aromatic heterocycles. The van der Waals surface area contributed by atoms with E-state index in [-0.39, 0.29) is 5.78 Å². The third-order valence-electron chi connectivity index (χ3n) is 2.54. The Bertz CT molecular complexity index is 622. The number of halogens is 3. The Morgan fingerprint density at radius 2 is 2.00 bits per heavy atom. The second-order valence-corrected chi connectivity index (χ2v) is 8.41. The van der Waals surface area contributed by atoms with E-state index in [1.165, 1.54) is 11.3 Å². The molecule has 0 spiro atoms. The molecule has 6 heteroatoms. The van der Waals surface area contributed by atoms with Crippen LogP contribution in [0.3, 0.4) is 0 Å². The molecule has 2 rings (SSSR count). The minimum Gasteiger partial charge on any atom is -0.496 e. The van der Waals surface area contributed by atoms with Crippen LogP contribution in [0, 0.1) is 0 Å². The van der Waals surface area contributed by atoms with Gasteiger partial charge in [-0.25, -0.2) is 0 Å². The van der Waals surface area contributed by atoms with Gasteiger partial charge in [0.1, 0.15) is 5.75 Å². The van der Waals surface area contributed by atoms with Crippen molar-refractivity contribution in [2.75, 3.05) is 7.11 Å². The highest BCUT2D eigenvalue weighted by atomic mass is 79.9. The first kappa shape index (κ1) is 15.2. The highest BCUT2D eigenvalue weighted by Gasteiger charge is 2.14. The Labute approximate surface area is 140 Å². The zero-order valence-electron chi connectivity index (χ0n) is 9.88. The fourth-order valence-electron chi connectivity index (χ4n) is 1.63.